The van der Waals surface area contributed by atoms with Gasteiger partial charge in [-0.2, -0.15) is 0 Å². The van der Waals surface area contributed by atoms with Gasteiger partial charge in [0.25, 0.3) is 11.5 Å². The van der Waals surface area contributed by atoms with Crippen LogP contribution in [-0.2, 0) is 33.0 Å². The molecule has 9 nitrogen and oxygen atoms in total. The Kier molecular flexibility index (Phi) is 9.61. The number of rotatable bonds is 11. The van der Waals surface area contributed by atoms with Gasteiger partial charge in [-0.25, -0.2) is 0 Å². The predicted molar refractivity (Wildman–Crippen MR) is 188 cm³/mol. The molecule has 2 aliphatic rings. The molecule has 1 N–H and O–H groups in total. The van der Waals surface area contributed by atoms with E-state index in [1.807, 2.05) is 85.8 Å². The largest absolute Gasteiger partial charge is 0.491 e. The summed E-state index contributed by atoms with van der Waals surface area (Å²) in [5.41, 5.74) is 1.20. The van der Waals surface area contributed by atoms with Crippen molar-refractivity contribution in [3.63, 3.8) is 0 Å². The van der Waals surface area contributed by atoms with Crippen molar-refractivity contribution in [1.29, 1.82) is 0 Å². The second-order valence-electron chi connectivity index (χ2n) is 13.3. The van der Waals surface area contributed by atoms with Gasteiger partial charge in [0.1, 0.15) is 0 Å². The maximum Gasteiger partial charge on any atom is 0.297 e. The fourth-order valence-corrected chi connectivity index (χ4v) is 10.2. The number of anilines is 1. The van der Waals surface area contributed by atoms with Crippen molar-refractivity contribution in [2.45, 2.75) is 56.8 Å². The molecular formula is C38H42FN3O6Si. The average Bonchev–Trinajstić information content (AvgIpc) is 3.51. The molecule has 2 aliphatic heterocycles. The van der Waals surface area contributed by atoms with E-state index in [4.69, 9.17) is 9.47 Å². The van der Waals surface area contributed by atoms with Gasteiger partial charge >= 0.3 is 0 Å². The van der Waals surface area contributed by atoms with E-state index in [1.54, 1.807) is 41.2 Å². The third-order valence-electron chi connectivity index (χ3n) is 9.84. The molecule has 1 aromatic heterocycles. The lowest BCUT2D eigenvalue weighted by atomic mass is 9.82. The van der Waals surface area contributed by atoms with E-state index in [1.165, 1.54) is 11.7 Å². The van der Waals surface area contributed by atoms with Gasteiger partial charge in [-0.15, -0.1) is 0 Å². The van der Waals surface area contributed by atoms with Crippen LogP contribution < -0.4 is 15.2 Å². The molecule has 2 amide bonds. The molecule has 4 atom stereocenters. The molecule has 3 aromatic carbocycles. The second kappa shape index (κ2) is 13.7. The van der Waals surface area contributed by atoms with Crippen molar-refractivity contribution in [2.24, 2.45) is 5.92 Å². The van der Waals surface area contributed by atoms with Gasteiger partial charge in [-0.1, -0.05) is 67.6 Å². The molecule has 49 heavy (non-hydrogen) atoms. The average molecular weight is 684 g/mol. The molecule has 0 radical (unpaired) electrons. The molecule has 4 aromatic rings. The normalized spacial score (nSPS) is 21.6. The summed E-state index contributed by atoms with van der Waals surface area (Å²) < 4.78 is 29.8. The predicted octanol–water partition coefficient (Wildman–Crippen LogP) is 5.58. The number of amides is 2. The molecular weight excluding hydrogens is 642 g/mol. The van der Waals surface area contributed by atoms with Crippen LogP contribution in [0.5, 0.6) is 5.75 Å². The number of carbonyl (C=O) groups is 2. The van der Waals surface area contributed by atoms with Crippen LogP contribution in [0, 0.1) is 5.92 Å². The first-order chi connectivity index (χ1) is 23.5. The summed E-state index contributed by atoms with van der Waals surface area (Å²) in [6.07, 6.45) is 0.706. The van der Waals surface area contributed by atoms with Gasteiger partial charge in [0.05, 0.1) is 38.5 Å². The number of hydrogen-bond acceptors (Lipinski definition) is 6. The van der Waals surface area contributed by atoms with Gasteiger partial charge in [0, 0.05) is 42.0 Å². The molecule has 256 valence electrons. The highest BCUT2D eigenvalue weighted by atomic mass is 28.4. The minimum atomic E-state index is -3.50. The van der Waals surface area contributed by atoms with Crippen molar-refractivity contribution in [2.75, 3.05) is 25.2 Å². The van der Waals surface area contributed by atoms with E-state index in [0.29, 0.717) is 23.5 Å². The highest BCUT2D eigenvalue weighted by Gasteiger charge is 2.67. The molecule has 1 fully saturated rings. The molecule has 0 bridgehead atoms. The molecule has 1 spiro atoms. The lowest BCUT2D eigenvalue weighted by Gasteiger charge is -2.31. The Morgan fingerprint density at radius 1 is 1.00 bits per heavy atom. The Balaban J connectivity index is 1.32. The van der Waals surface area contributed by atoms with E-state index in [-0.39, 0.29) is 49.2 Å². The molecule has 6 rings (SSSR count). The number of methoxy groups -OCH3 is 1. The number of benzene rings is 3. The summed E-state index contributed by atoms with van der Waals surface area (Å²) in [7, 11) is -2.05. The van der Waals surface area contributed by atoms with Gasteiger partial charge in [-0.3, -0.25) is 19.0 Å². The van der Waals surface area contributed by atoms with E-state index in [2.05, 4.69) is 0 Å². The number of halogens is 1. The van der Waals surface area contributed by atoms with E-state index in [9.17, 15) is 19.5 Å². The van der Waals surface area contributed by atoms with Crippen molar-refractivity contribution in [3.8, 4) is 11.4 Å². The number of ether oxygens (including phenoxy) is 2. The van der Waals surface area contributed by atoms with Crippen LogP contribution >= 0.6 is 0 Å². The van der Waals surface area contributed by atoms with Crippen LogP contribution in [0.2, 0.25) is 18.6 Å². The maximum absolute atomic E-state index is 16.3. The van der Waals surface area contributed by atoms with E-state index >= 15 is 4.11 Å². The van der Waals surface area contributed by atoms with Crippen molar-refractivity contribution in [3.05, 3.63) is 124 Å². The van der Waals surface area contributed by atoms with Gasteiger partial charge in [0.15, 0.2) is 11.4 Å². The third-order valence-corrected chi connectivity index (χ3v) is 12.3. The SMILES string of the molecule is COc1cccn(-c2cccc(CN3C(=O)[C@@]4(O[C@@H](CC(=O)N(CCO)Cc5ccccc5)[C@H]([Si](C)(C)F)[C@H]4C)c4ccccc43)c2)c1=O. The standard InChI is InChI=1S/C38H42FN3O6Si/c1-26-35(49(3,4)39)33(23-34(44)40(20-21-43)24-27-12-6-5-7-13-27)48-38(26)30-16-8-9-17-31(30)42(37(38)46)25-28-14-10-15-29(22-28)41-19-11-18-32(47-2)36(41)45/h5-19,22,26,33,35,43H,20-21,23-25H2,1-4H3/t26-,33+,35-,38+/m1/s1. The fraction of sp³-hybridized carbons (Fsp3) is 0.342. The highest BCUT2D eigenvalue weighted by molar-refractivity contribution is 6.72. The second-order valence-corrected chi connectivity index (χ2v) is 17.1. The molecule has 0 saturated carbocycles. The van der Waals surface area contributed by atoms with Crippen LogP contribution in [0.4, 0.5) is 9.80 Å². The molecule has 0 unspecified atom stereocenters. The summed E-state index contributed by atoms with van der Waals surface area (Å²) in [4.78, 5) is 44.8. The van der Waals surface area contributed by atoms with Crippen LogP contribution in [0.15, 0.2) is 102 Å². The smallest absolute Gasteiger partial charge is 0.297 e. The number of nitrogens with zero attached hydrogens (tertiary/aromatic N) is 3. The Morgan fingerprint density at radius 2 is 1.71 bits per heavy atom. The number of pyridine rings is 1. The number of aromatic nitrogens is 1. The number of aliphatic hydroxyl groups is 1. The Bertz CT molecular complexity index is 1900. The fourth-order valence-electron chi connectivity index (χ4n) is 7.70. The quantitative estimate of drug-likeness (QED) is 0.164. The number of carbonyl (C=O) groups excluding carboxylic acids is 2. The zero-order chi connectivity index (χ0) is 34.9. The number of hydrogen-bond donors (Lipinski definition) is 1. The summed E-state index contributed by atoms with van der Waals surface area (Å²) in [5, 5.41) is 9.78. The lowest BCUT2D eigenvalue weighted by Crippen LogP contribution is -2.45. The first kappa shape index (κ1) is 34.3. The zero-order valence-corrected chi connectivity index (χ0v) is 29.2. The lowest BCUT2D eigenvalue weighted by molar-refractivity contribution is -0.150. The van der Waals surface area contributed by atoms with Gasteiger partial charge in [-0.05, 0) is 54.6 Å². The number of para-hydroxylation sites is 1. The summed E-state index contributed by atoms with van der Waals surface area (Å²) >= 11 is 0. The molecule has 3 heterocycles. The Labute approximate surface area is 286 Å². The third kappa shape index (κ3) is 6.34. The molecule has 1 saturated heterocycles. The molecule has 0 aliphatic carbocycles. The topological polar surface area (TPSA) is 101 Å². The minimum absolute atomic E-state index is 0.114. The first-order valence-electron chi connectivity index (χ1n) is 16.5. The summed E-state index contributed by atoms with van der Waals surface area (Å²) in [5.74, 6) is -0.916. The highest BCUT2D eigenvalue weighted by Crippen LogP contribution is 2.60. The van der Waals surface area contributed by atoms with Crippen LogP contribution in [-0.4, -0.2) is 61.2 Å². The monoisotopic (exact) mass is 683 g/mol. The van der Waals surface area contributed by atoms with Gasteiger partial charge < -0.3 is 28.5 Å². The molecule has 11 heteroatoms. The maximum atomic E-state index is 16.3. The summed E-state index contributed by atoms with van der Waals surface area (Å²) in [6.45, 7) is 5.48. The van der Waals surface area contributed by atoms with Crippen LogP contribution in [0.1, 0.15) is 30.0 Å². The Hall–Kier alpha value is -4.58. The van der Waals surface area contributed by atoms with Crippen molar-refractivity contribution in [1.82, 2.24) is 9.47 Å². The zero-order valence-electron chi connectivity index (χ0n) is 28.2. The van der Waals surface area contributed by atoms with E-state index < -0.39 is 31.6 Å². The van der Waals surface area contributed by atoms with E-state index in [0.717, 1.165) is 11.1 Å². The Morgan fingerprint density at radius 3 is 2.43 bits per heavy atom. The summed E-state index contributed by atoms with van der Waals surface area (Å²) in [6, 6.07) is 27.6. The minimum Gasteiger partial charge on any atom is -0.491 e. The van der Waals surface area contributed by atoms with Crippen LogP contribution in [0.25, 0.3) is 5.69 Å². The van der Waals surface area contributed by atoms with Gasteiger partial charge in [0.2, 0.25) is 14.3 Å². The first-order valence-corrected chi connectivity index (χ1v) is 19.5. The number of fused-ring (bicyclic) bond motifs is 2. The van der Waals surface area contributed by atoms with Crippen molar-refractivity contribution >= 4 is 25.9 Å². The van der Waals surface area contributed by atoms with Crippen molar-refractivity contribution < 1.29 is 28.3 Å². The number of aliphatic hydroxyl groups excluding tert-OH is 1. The van der Waals surface area contributed by atoms with Crippen LogP contribution in [0.3, 0.4) is 0 Å².